The summed E-state index contributed by atoms with van der Waals surface area (Å²) in [6, 6.07) is 18.0. The fourth-order valence-electron chi connectivity index (χ4n) is 3.37. The quantitative estimate of drug-likeness (QED) is 0.714. The van der Waals surface area contributed by atoms with Crippen LogP contribution in [0.3, 0.4) is 0 Å². The second-order valence-corrected chi connectivity index (χ2v) is 8.76. The van der Waals surface area contributed by atoms with Gasteiger partial charge in [-0.05, 0) is 36.8 Å². The number of carbonyl (C=O) groups excluding carboxylic acids is 1. The van der Waals surface area contributed by atoms with E-state index >= 15 is 0 Å². The molecule has 5 nitrogen and oxygen atoms in total. The largest absolute Gasteiger partial charge is 0.350 e. The Bertz CT molecular complexity index is 1190. The van der Waals surface area contributed by atoms with Crippen molar-refractivity contribution in [1.82, 2.24) is 5.32 Å². The third kappa shape index (κ3) is 3.61. The summed E-state index contributed by atoms with van der Waals surface area (Å²) in [5, 5.41) is 2.75. The lowest BCUT2D eigenvalue weighted by Crippen LogP contribution is -2.42. The molecule has 1 amide bonds. The molecule has 3 aromatic rings. The Morgan fingerprint density at radius 1 is 1.00 bits per heavy atom. The Labute approximate surface area is 168 Å². The average Bonchev–Trinajstić information content (AvgIpc) is 2.71. The summed E-state index contributed by atoms with van der Waals surface area (Å²) >= 11 is 0. The predicted molar refractivity (Wildman–Crippen MR) is 109 cm³/mol. The topological polar surface area (TPSA) is 66.5 Å². The number of halogens is 1. The zero-order valence-corrected chi connectivity index (χ0v) is 16.5. The van der Waals surface area contributed by atoms with Crippen molar-refractivity contribution in [2.45, 2.75) is 18.4 Å². The normalized spacial score (nSPS) is 14.1. The van der Waals surface area contributed by atoms with E-state index in [9.17, 15) is 17.6 Å². The summed E-state index contributed by atoms with van der Waals surface area (Å²) in [6.07, 6.45) is 0. The lowest BCUT2D eigenvalue weighted by molar-refractivity contribution is -0.119. The average molecular weight is 410 g/mol. The van der Waals surface area contributed by atoms with Gasteiger partial charge in [-0.1, -0.05) is 48.0 Å². The summed E-state index contributed by atoms with van der Waals surface area (Å²) in [4.78, 5) is 12.6. The van der Waals surface area contributed by atoms with Gasteiger partial charge < -0.3 is 5.32 Å². The molecule has 0 aliphatic carbocycles. The molecule has 1 aliphatic heterocycles. The summed E-state index contributed by atoms with van der Waals surface area (Å²) in [5.74, 6) is -0.912. The number of rotatable bonds is 4. The third-order valence-corrected chi connectivity index (χ3v) is 6.69. The van der Waals surface area contributed by atoms with Gasteiger partial charge in [0.25, 0.3) is 10.0 Å². The maximum absolute atomic E-state index is 13.9. The zero-order valence-electron chi connectivity index (χ0n) is 15.7. The van der Waals surface area contributed by atoms with Gasteiger partial charge >= 0.3 is 0 Å². The Morgan fingerprint density at radius 3 is 2.48 bits per heavy atom. The van der Waals surface area contributed by atoms with Crippen molar-refractivity contribution < 1.29 is 17.6 Å². The highest BCUT2D eigenvalue weighted by molar-refractivity contribution is 7.93. The molecule has 0 bridgehead atoms. The standard InChI is InChI=1S/C22H19FN2O3S/c1-15-6-8-16(9-7-15)13-24-22(26)14-25-20-11-10-17(23)12-19(20)18-4-2-3-5-21(18)29(25,27)28/h2-12H,13-14H2,1H3,(H,24,26). The number of carbonyl (C=O) groups is 1. The fraction of sp³-hybridized carbons (Fsp3) is 0.136. The van der Waals surface area contributed by atoms with E-state index in [2.05, 4.69) is 5.32 Å². The summed E-state index contributed by atoms with van der Waals surface area (Å²) in [5.41, 5.74) is 3.19. The first kappa shape index (κ1) is 19.1. The maximum Gasteiger partial charge on any atom is 0.265 e. The van der Waals surface area contributed by atoms with Crippen molar-refractivity contribution >= 4 is 21.6 Å². The lowest BCUT2D eigenvalue weighted by Gasteiger charge is -2.31. The van der Waals surface area contributed by atoms with Gasteiger partial charge in [0.1, 0.15) is 12.4 Å². The van der Waals surface area contributed by atoms with E-state index in [1.807, 2.05) is 31.2 Å². The van der Waals surface area contributed by atoms with Crippen LogP contribution in [0.1, 0.15) is 11.1 Å². The van der Waals surface area contributed by atoms with Gasteiger partial charge in [0, 0.05) is 17.7 Å². The molecule has 1 aliphatic rings. The minimum atomic E-state index is -3.94. The van der Waals surface area contributed by atoms with Crippen LogP contribution in [0.15, 0.2) is 71.6 Å². The first-order chi connectivity index (χ1) is 13.9. The molecule has 3 aromatic carbocycles. The van der Waals surface area contributed by atoms with E-state index < -0.39 is 21.7 Å². The number of fused-ring (bicyclic) bond motifs is 3. The van der Waals surface area contributed by atoms with Crippen LogP contribution in [0, 0.1) is 12.7 Å². The number of amides is 1. The van der Waals surface area contributed by atoms with E-state index in [-0.39, 0.29) is 17.1 Å². The Kier molecular flexibility index (Phi) is 4.84. The molecular formula is C22H19FN2O3S. The molecular weight excluding hydrogens is 391 g/mol. The van der Waals surface area contributed by atoms with Crippen LogP contribution in [0.4, 0.5) is 10.1 Å². The number of benzene rings is 3. The number of nitrogens with one attached hydrogen (secondary N) is 1. The molecule has 1 heterocycles. The highest BCUT2D eigenvalue weighted by Gasteiger charge is 2.35. The van der Waals surface area contributed by atoms with Crippen LogP contribution in [-0.4, -0.2) is 20.9 Å². The van der Waals surface area contributed by atoms with Gasteiger partial charge in [-0.25, -0.2) is 12.8 Å². The van der Waals surface area contributed by atoms with Crippen LogP contribution in [-0.2, 0) is 21.4 Å². The molecule has 7 heteroatoms. The fourth-order valence-corrected chi connectivity index (χ4v) is 5.02. The van der Waals surface area contributed by atoms with Gasteiger partial charge in [-0.15, -0.1) is 0 Å². The molecule has 0 saturated heterocycles. The van der Waals surface area contributed by atoms with Gasteiger partial charge in [0.15, 0.2) is 0 Å². The number of nitrogens with zero attached hydrogens (tertiary/aromatic N) is 1. The minimum absolute atomic E-state index is 0.0597. The van der Waals surface area contributed by atoms with Gasteiger partial charge in [0.05, 0.1) is 10.6 Å². The number of anilines is 1. The Hall–Kier alpha value is -3.19. The van der Waals surface area contributed by atoms with Crippen molar-refractivity contribution in [1.29, 1.82) is 0 Å². The van der Waals surface area contributed by atoms with Gasteiger partial charge in [0.2, 0.25) is 5.91 Å². The van der Waals surface area contributed by atoms with Crippen LogP contribution in [0.5, 0.6) is 0 Å². The predicted octanol–water partition coefficient (Wildman–Crippen LogP) is 3.63. The zero-order chi connectivity index (χ0) is 20.6. The third-order valence-electron chi connectivity index (χ3n) is 4.87. The molecule has 29 heavy (non-hydrogen) atoms. The van der Waals surface area contributed by atoms with Crippen LogP contribution < -0.4 is 9.62 Å². The Balaban J connectivity index is 1.63. The summed E-state index contributed by atoms with van der Waals surface area (Å²) in [6.45, 7) is 1.88. The van der Waals surface area contributed by atoms with E-state index in [0.717, 1.165) is 15.4 Å². The highest BCUT2D eigenvalue weighted by atomic mass is 32.2. The van der Waals surface area contributed by atoms with Crippen molar-refractivity contribution in [3.8, 4) is 11.1 Å². The molecule has 0 saturated carbocycles. The molecule has 148 valence electrons. The van der Waals surface area contributed by atoms with Crippen molar-refractivity contribution in [2.24, 2.45) is 0 Å². The summed E-state index contributed by atoms with van der Waals surface area (Å²) in [7, 11) is -3.94. The van der Waals surface area contributed by atoms with E-state index in [1.165, 1.54) is 24.3 Å². The lowest BCUT2D eigenvalue weighted by atomic mass is 10.0. The van der Waals surface area contributed by atoms with Crippen molar-refractivity contribution in [3.63, 3.8) is 0 Å². The molecule has 0 unspecified atom stereocenters. The molecule has 0 radical (unpaired) electrons. The first-order valence-corrected chi connectivity index (χ1v) is 10.5. The second-order valence-electron chi connectivity index (χ2n) is 6.93. The van der Waals surface area contributed by atoms with Crippen LogP contribution >= 0.6 is 0 Å². The highest BCUT2D eigenvalue weighted by Crippen LogP contribution is 2.42. The number of hydrogen-bond acceptors (Lipinski definition) is 3. The molecule has 0 atom stereocenters. The van der Waals surface area contributed by atoms with E-state index in [0.29, 0.717) is 17.7 Å². The SMILES string of the molecule is Cc1ccc(CNC(=O)CN2c3ccc(F)cc3-c3ccccc3S2(=O)=O)cc1. The number of hydrogen-bond donors (Lipinski definition) is 1. The van der Waals surface area contributed by atoms with Crippen LogP contribution in [0.25, 0.3) is 11.1 Å². The first-order valence-electron chi connectivity index (χ1n) is 9.10. The summed E-state index contributed by atoms with van der Waals surface area (Å²) < 4.78 is 41.2. The molecule has 0 fully saturated rings. The van der Waals surface area contributed by atoms with Gasteiger partial charge in [-0.2, -0.15) is 0 Å². The number of aryl methyl sites for hydroxylation is 1. The Morgan fingerprint density at radius 2 is 1.72 bits per heavy atom. The molecule has 1 N–H and O–H groups in total. The smallest absolute Gasteiger partial charge is 0.265 e. The van der Waals surface area contributed by atoms with Crippen LogP contribution in [0.2, 0.25) is 0 Å². The molecule has 4 rings (SSSR count). The van der Waals surface area contributed by atoms with E-state index in [1.54, 1.807) is 18.2 Å². The van der Waals surface area contributed by atoms with E-state index in [4.69, 9.17) is 0 Å². The van der Waals surface area contributed by atoms with Crippen molar-refractivity contribution in [2.75, 3.05) is 10.8 Å². The molecule has 0 aromatic heterocycles. The minimum Gasteiger partial charge on any atom is -0.350 e. The van der Waals surface area contributed by atoms with Gasteiger partial charge in [-0.3, -0.25) is 9.10 Å². The maximum atomic E-state index is 13.9. The monoisotopic (exact) mass is 410 g/mol. The second kappa shape index (κ2) is 7.33. The molecule has 0 spiro atoms. The number of sulfonamides is 1. The van der Waals surface area contributed by atoms with Crippen molar-refractivity contribution in [3.05, 3.63) is 83.7 Å².